The van der Waals surface area contributed by atoms with Crippen molar-refractivity contribution in [2.24, 2.45) is 0 Å². The summed E-state index contributed by atoms with van der Waals surface area (Å²) in [5.41, 5.74) is 2.03. The van der Waals surface area contributed by atoms with E-state index >= 15 is 0 Å². The molecule has 0 fully saturated rings. The number of nitrogens with one attached hydrogen (secondary N) is 1. The highest BCUT2D eigenvalue weighted by Crippen LogP contribution is 2.31. The van der Waals surface area contributed by atoms with Crippen LogP contribution in [0.15, 0.2) is 53.7 Å². The Morgan fingerprint density at radius 3 is 2.68 bits per heavy atom. The lowest BCUT2D eigenvalue weighted by atomic mass is 10.2. The van der Waals surface area contributed by atoms with Crippen LogP contribution in [0, 0.1) is 0 Å². The van der Waals surface area contributed by atoms with Gasteiger partial charge in [0.2, 0.25) is 5.16 Å². The summed E-state index contributed by atoms with van der Waals surface area (Å²) in [6.07, 6.45) is 0. The lowest BCUT2D eigenvalue weighted by molar-refractivity contribution is -0.00000633. The zero-order valence-electron chi connectivity index (χ0n) is 15.8. The van der Waals surface area contributed by atoms with Crippen LogP contribution in [0.1, 0.15) is 12.5 Å². The Morgan fingerprint density at radius 1 is 1.11 bits per heavy atom. The van der Waals surface area contributed by atoms with Gasteiger partial charge in [-0.1, -0.05) is 42.1 Å². The number of hydrogen-bond donors (Lipinski definition) is 1. The normalized spacial score (nSPS) is 10.4. The molecule has 3 aromatic rings. The van der Waals surface area contributed by atoms with Gasteiger partial charge in [0.05, 0.1) is 19.4 Å². The molecule has 0 spiro atoms. The van der Waals surface area contributed by atoms with Crippen LogP contribution in [-0.4, -0.2) is 46.2 Å². The molecule has 2 aromatic carbocycles. The van der Waals surface area contributed by atoms with Gasteiger partial charge < -0.3 is 27.2 Å². The first kappa shape index (κ1) is 22.0. The SMILES string of the molecule is CCOc1c(CNCCSc2nnnn2-c2ccccc2)cccc1OC.[Cl-]. The average Bonchev–Trinajstić information content (AvgIpc) is 3.18. The van der Waals surface area contributed by atoms with Crippen molar-refractivity contribution in [1.82, 2.24) is 25.5 Å². The minimum Gasteiger partial charge on any atom is -1.00 e. The molecule has 0 amide bonds. The van der Waals surface area contributed by atoms with Gasteiger partial charge in [0.1, 0.15) is 0 Å². The number of hydrogen-bond acceptors (Lipinski definition) is 7. The van der Waals surface area contributed by atoms with Crippen LogP contribution < -0.4 is 27.2 Å². The largest absolute Gasteiger partial charge is 1.00 e. The quantitative estimate of drug-likeness (QED) is 0.364. The third-order valence-corrected chi connectivity index (χ3v) is 4.76. The summed E-state index contributed by atoms with van der Waals surface area (Å²) in [7, 11) is 1.66. The van der Waals surface area contributed by atoms with Crippen LogP contribution in [0.2, 0.25) is 0 Å². The minimum atomic E-state index is 0. The van der Waals surface area contributed by atoms with Crippen molar-refractivity contribution in [3.8, 4) is 17.2 Å². The summed E-state index contributed by atoms with van der Waals surface area (Å²) in [6, 6.07) is 15.8. The second-order valence-corrected chi connectivity index (χ2v) is 6.68. The van der Waals surface area contributed by atoms with Crippen molar-refractivity contribution in [3.63, 3.8) is 0 Å². The maximum absolute atomic E-state index is 5.74. The summed E-state index contributed by atoms with van der Waals surface area (Å²) in [6.45, 7) is 4.09. The van der Waals surface area contributed by atoms with Gasteiger partial charge in [-0.2, -0.15) is 4.68 Å². The van der Waals surface area contributed by atoms with Gasteiger partial charge in [0.15, 0.2) is 11.5 Å². The third kappa shape index (κ3) is 5.60. The molecule has 28 heavy (non-hydrogen) atoms. The minimum absolute atomic E-state index is 0. The number of nitrogens with zero attached hydrogens (tertiary/aromatic N) is 4. The molecule has 0 radical (unpaired) electrons. The molecule has 1 N–H and O–H groups in total. The lowest BCUT2D eigenvalue weighted by Crippen LogP contribution is -3.00. The molecule has 0 saturated heterocycles. The van der Waals surface area contributed by atoms with Crippen molar-refractivity contribution in [3.05, 3.63) is 54.1 Å². The van der Waals surface area contributed by atoms with E-state index in [1.807, 2.05) is 55.5 Å². The van der Waals surface area contributed by atoms with Gasteiger partial charge >= 0.3 is 0 Å². The second-order valence-electron chi connectivity index (χ2n) is 5.62. The van der Waals surface area contributed by atoms with Gasteiger partial charge in [-0.05, 0) is 35.5 Å². The number of thioether (sulfide) groups is 1. The number of ether oxygens (including phenoxy) is 2. The average molecular weight is 421 g/mol. The Morgan fingerprint density at radius 2 is 1.93 bits per heavy atom. The fourth-order valence-corrected chi connectivity index (χ4v) is 3.39. The van der Waals surface area contributed by atoms with Gasteiger partial charge in [0, 0.05) is 24.4 Å². The van der Waals surface area contributed by atoms with Gasteiger partial charge in [-0.15, -0.1) is 5.10 Å². The molecular weight excluding hydrogens is 398 g/mol. The fraction of sp³-hybridized carbons (Fsp3) is 0.316. The zero-order valence-corrected chi connectivity index (χ0v) is 17.4. The van der Waals surface area contributed by atoms with E-state index in [2.05, 4.69) is 20.8 Å². The van der Waals surface area contributed by atoms with Crippen LogP contribution in [0.3, 0.4) is 0 Å². The third-order valence-electron chi connectivity index (χ3n) is 3.84. The van der Waals surface area contributed by atoms with E-state index in [0.717, 1.165) is 40.2 Å². The summed E-state index contributed by atoms with van der Waals surface area (Å²) in [4.78, 5) is 0. The molecule has 1 heterocycles. The molecule has 0 bridgehead atoms. The predicted octanol–water partition coefficient (Wildman–Crippen LogP) is -0.0445. The summed E-state index contributed by atoms with van der Waals surface area (Å²) >= 11 is 1.61. The van der Waals surface area contributed by atoms with Crippen LogP contribution in [-0.2, 0) is 6.54 Å². The van der Waals surface area contributed by atoms with Crippen molar-refractivity contribution >= 4 is 11.8 Å². The summed E-state index contributed by atoms with van der Waals surface area (Å²) in [5.74, 6) is 2.41. The van der Waals surface area contributed by atoms with Crippen molar-refractivity contribution in [2.75, 3.05) is 26.0 Å². The maximum Gasteiger partial charge on any atom is 0.214 e. The molecular formula is C19H23ClN5O2S-. The highest BCUT2D eigenvalue weighted by atomic mass is 35.5. The van der Waals surface area contributed by atoms with Crippen molar-refractivity contribution in [2.45, 2.75) is 18.6 Å². The van der Waals surface area contributed by atoms with Gasteiger partial charge in [-0.3, -0.25) is 0 Å². The molecule has 0 saturated carbocycles. The first-order chi connectivity index (χ1) is 13.3. The Kier molecular flexibility index (Phi) is 9.06. The number of tetrazole rings is 1. The van der Waals surface area contributed by atoms with Gasteiger partial charge in [0.25, 0.3) is 0 Å². The molecule has 0 aliphatic carbocycles. The van der Waals surface area contributed by atoms with Crippen LogP contribution >= 0.6 is 11.8 Å². The van der Waals surface area contributed by atoms with Crippen molar-refractivity contribution in [1.29, 1.82) is 0 Å². The standard InChI is InChI=1S/C19H23N5O2S.ClH/c1-3-26-18-15(8-7-11-17(18)25-2)14-20-12-13-27-19-21-22-23-24(19)16-9-5-4-6-10-16;/h4-11,20H,3,12-14H2,1-2H3;1H/p-1. The molecule has 150 valence electrons. The summed E-state index contributed by atoms with van der Waals surface area (Å²) < 4.78 is 12.9. The maximum atomic E-state index is 5.74. The molecule has 1 aromatic heterocycles. The Hall–Kier alpha value is -2.29. The van der Waals surface area contributed by atoms with E-state index in [1.54, 1.807) is 23.6 Å². The topological polar surface area (TPSA) is 74.1 Å². The number of methoxy groups -OCH3 is 1. The molecule has 9 heteroatoms. The second kappa shape index (κ2) is 11.5. The Balaban J connectivity index is 0.00000280. The molecule has 0 atom stereocenters. The van der Waals surface area contributed by atoms with E-state index in [0.29, 0.717) is 13.2 Å². The first-order valence-corrected chi connectivity index (χ1v) is 9.78. The smallest absolute Gasteiger partial charge is 0.214 e. The molecule has 7 nitrogen and oxygen atoms in total. The molecule has 0 aliphatic rings. The lowest BCUT2D eigenvalue weighted by Gasteiger charge is -2.14. The fourth-order valence-electron chi connectivity index (χ4n) is 2.61. The highest BCUT2D eigenvalue weighted by Gasteiger charge is 2.11. The van der Waals surface area contributed by atoms with E-state index in [1.165, 1.54) is 0 Å². The molecule has 3 rings (SSSR count). The van der Waals surface area contributed by atoms with Crippen LogP contribution in [0.5, 0.6) is 11.5 Å². The number of halogens is 1. The van der Waals surface area contributed by atoms with E-state index in [9.17, 15) is 0 Å². The van der Waals surface area contributed by atoms with Crippen LogP contribution in [0.4, 0.5) is 0 Å². The molecule has 0 aliphatic heterocycles. The number of para-hydroxylation sites is 2. The predicted molar refractivity (Wildman–Crippen MR) is 106 cm³/mol. The zero-order chi connectivity index (χ0) is 18.9. The monoisotopic (exact) mass is 420 g/mol. The van der Waals surface area contributed by atoms with E-state index in [4.69, 9.17) is 9.47 Å². The number of aromatic nitrogens is 4. The number of rotatable bonds is 10. The van der Waals surface area contributed by atoms with Crippen molar-refractivity contribution < 1.29 is 21.9 Å². The van der Waals surface area contributed by atoms with E-state index in [-0.39, 0.29) is 12.4 Å². The highest BCUT2D eigenvalue weighted by molar-refractivity contribution is 7.99. The Bertz CT molecular complexity index is 847. The van der Waals surface area contributed by atoms with Crippen LogP contribution in [0.25, 0.3) is 5.69 Å². The number of benzene rings is 2. The Labute approximate surface area is 175 Å². The summed E-state index contributed by atoms with van der Waals surface area (Å²) in [5, 5.41) is 16.2. The van der Waals surface area contributed by atoms with Gasteiger partial charge in [-0.25, -0.2) is 0 Å². The molecule has 0 unspecified atom stereocenters. The van der Waals surface area contributed by atoms with E-state index < -0.39 is 0 Å². The first-order valence-electron chi connectivity index (χ1n) is 8.79.